The van der Waals surface area contributed by atoms with Gasteiger partial charge in [0.1, 0.15) is 21.9 Å². The summed E-state index contributed by atoms with van der Waals surface area (Å²) in [6, 6.07) is 4.17. The first-order chi connectivity index (χ1) is 12.0. The number of carbonyl (C=O) groups is 1. The van der Waals surface area contributed by atoms with Crippen molar-refractivity contribution in [2.45, 2.75) is 36.2 Å². The molecule has 0 aromatic heterocycles. The van der Waals surface area contributed by atoms with E-state index in [9.17, 15) is 17.6 Å². The molecule has 26 heavy (non-hydrogen) atoms. The number of rotatable bonds is 2. The Morgan fingerprint density at radius 3 is 2.69 bits per heavy atom. The minimum atomic E-state index is -3.83. The molecule has 10 heteroatoms. The lowest BCUT2D eigenvalue weighted by Gasteiger charge is -2.50. The monoisotopic (exact) mass is 448 g/mol. The molecule has 2 aliphatic rings. The van der Waals surface area contributed by atoms with Crippen LogP contribution in [0.15, 0.2) is 27.7 Å². The quantitative estimate of drug-likeness (QED) is 0.722. The van der Waals surface area contributed by atoms with E-state index >= 15 is 0 Å². The SMILES string of the molecule is CO[C@H]1C[C@]2(C1)C(NC(=O)O)=N[C@](C)(c1cc(Br)ccc1F)CS2(=O)=O. The minimum Gasteiger partial charge on any atom is -0.465 e. The second-order valence-electron chi connectivity index (χ2n) is 6.81. The average Bonchev–Trinajstić information content (AvgIpc) is 2.46. The van der Waals surface area contributed by atoms with Crippen molar-refractivity contribution in [1.29, 1.82) is 0 Å². The number of amidine groups is 1. The van der Waals surface area contributed by atoms with Gasteiger partial charge in [0.25, 0.3) is 0 Å². The number of hydrogen-bond acceptors (Lipinski definition) is 5. The Labute approximate surface area is 158 Å². The van der Waals surface area contributed by atoms with Gasteiger partial charge in [-0.15, -0.1) is 0 Å². The lowest BCUT2D eigenvalue weighted by atomic mass is 9.79. The van der Waals surface area contributed by atoms with Crippen molar-refractivity contribution in [2.75, 3.05) is 12.9 Å². The molecule has 1 spiro atoms. The minimum absolute atomic E-state index is 0.0811. The van der Waals surface area contributed by atoms with Gasteiger partial charge in [0.2, 0.25) is 0 Å². The summed E-state index contributed by atoms with van der Waals surface area (Å²) in [5.41, 5.74) is -1.37. The molecule has 1 aromatic carbocycles. The second-order valence-corrected chi connectivity index (χ2v) is 10.0. The molecule has 2 N–H and O–H groups in total. The molecule has 142 valence electrons. The molecular formula is C16H18BrFN2O5S. The van der Waals surface area contributed by atoms with E-state index < -0.39 is 37.8 Å². The number of nitrogens with one attached hydrogen (secondary N) is 1. The first-order valence-electron chi connectivity index (χ1n) is 7.84. The number of ether oxygens (including phenoxy) is 1. The number of sulfone groups is 1. The first-order valence-corrected chi connectivity index (χ1v) is 10.3. The van der Waals surface area contributed by atoms with Gasteiger partial charge in [0.05, 0.1) is 11.9 Å². The maximum Gasteiger partial charge on any atom is 0.410 e. The number of halogens is 2. The van der Waals surface area contributed by atoms with Gasteiger partial charge in [-0.25, -0.2) is 17.6 Å². The average molecular weight is 449 g/mol. The van der Waals surface area contributed by atoms with E-state index in [4.69, 9.17) is 9.84 Å². The number of amides is 1. The standard InChI is InChI=1S/C16H18BrFN2O5S/c1-15(11-5-9(17)3-4-12(11)18)8-26(23,24)16(6-10(7-16)25-2)13(20-15)19-14(21)22/h3-5,10H,6-8H2,1-2H3,(H,19,20)(H,21,22)/t10-,15-,16-/m0/s1. The highest BCUT2D eigenvalue weighted by Crippen LogP contribution is 2.48. The predicted molar refractivity (Wildman–Crippen MR) is 96.6 cm³/mol. The van der Waals surface area contributed by atoms with Crippen LogP contribution in [0.1, 0.15) is 25.3 Å². The number of methoxy groups -OCH3 is 1. The summed E-state index contributed by atoms with van der Waals surface area (Å²) in [6.45, 7) is 1.48. The molecule has 0 unspecified atom stereocenters. The fraction of sp³-hybridized carbons (Fsp3) is 0.500. The molecule has 1 amide bonds. The summed E-state index contributed by atoms with van der Waals surface area (Å²) < 4.78 is 44.9. The van der Waals surface area contributed by atoms with Crippen LogP contribution in [0.25, 0.3) is 0 Å². The zero-order valence-corrected chi connectivity index (χ0v) is 16.5. The normalized spacial score (nSPS) is 32.6. The molecule has 1 saturated carbocycles. The van der Waals surface area contributed by atoms with E-state index in [-0.39, 0.29) is 30.3 Å². The Kier molecular flexibility index (Phi) is 4.65. The van der Waals surface area contributed by atoms with Crippen molar-refractivity contribution in [3.8, 4) is 0 Å². The van der Waals surface area contributed by atoms with Crippen LogP contribution in [0.4, 0.5) is 9.18 Å². The van der Waals surface area contributed by atoms with Gasteiger partial charge in [0, 0.05) is 30.0 Å². The van der Waals surface area contributed by atoms with Crippen molar-refractivity contribution in [1.82, 2.24) is 5.32 Å². The van der Waals surface area contributed by atoms with E-state index in [1.54, 1.807) is 0 Å². The number of aliphatic imine (C=N–C) groups is 1. The molecule has 1 aliphatic heterocycles. The molecule has 1 fully saturated rings. The van der Waals surface area contributed by atoms with Crippen LogP contribution < -0.4 is 5.32 Å². The van der Waals surface area contributed by atoms with Gasteiger partial charge in [-0.2, -0.15) is 0 Å². The third kappa shape index (κ3) is 2.93. The van der Waals surface area contributed by atoms with E-state index in [2.05, 4.69) is 26.2 Å². The van der Waals surface area contributed by atoms with Gasteiger partial charge in [0.15, 0.2) is 9.84 Å². The highest BCUT2D eigenvalue weighted by molar-refractivity contribution is 9.10. The predicted octanol–water partition coefficient (Wildman–Crippen LogP) is 2.45. The maximum absolute atomic E-state index is 14.4. The van der Waals surface area contributed by atoms with Crippen LogP contribution in [0, 0.1) is 5.82 Å². The van der Waals surface area contributed by atoms with Crippen LogP contribution in [-0.2, 0) is 20.1 Å². The summed E-state index contributed by atoms with van der Waals surface area (Å²) in [7, 11) is -2.36. The van der Waals surface area contributed by atoms with E-state index in [1.165, 1.54) is 32.2 Å². The highest BCUT2D eigenvalue weighted by Gasteiger charge is 2.62. The van der Waals surface area contributed by atoms with E-state index in [1.807, 2.05) is 0 Å². The van der Waals surface area contributed by atoms with Gasteiger partial charge in [-0.1, -0.05) is 15.9 Å². The summed E-state index contributed by atoms with van der Waals surface area (Å²) in [5.74, 6) is -1.20. The first kappa shape index (κ1) is 19.2. The zero-order valence-electron chi connectivity index (χ0n) is 14.1. The maximum atomic E-state index is 14.4. The number of carboxylic acid groups (broad SMARTS) is 1. The molecule has 7 nitrogen and oxygen atoms in total. The number of nitrogens with zero attached hydrogens (tertiary/aromatic N) is 1. The number of hydrogen-bond donors (Lipinski definition) is 2. The van der Waals surface area contributed by atoms with Crippen molar-refractivity contribution in [3.63, 3.8) is 0 Å². The molecule has 1 heterocycles. The largest absolute Gasteiger partial charge is 0.465 e. The molecule has 0 bridgehead atoms. The van der Waals surface area contributed by atoms with Gasteiger partial charge < -0.3 is 9.84 Å². The lowest BCUT2D eigenvalue weighted by Crippen LogP contribution is -2.67. The van der Waals surface area contributed by atoms with Crippen LogP contribution in [0.5, 0.6) is 0 Å². The zero-order chi connectivity index (χ0) is 19.3. The highest BCUT2D eigenvalue weighted by atomic mass is 79.9. The lowest BCUT2D eigenvalue weighted by molar-refractivity contribution is 0.0286. The molecule has 0 saturated heterocycles. The van der Waals surface area contributed by atoms with Crippen LogP contribution >= 0.6 is 15.9 Å². The van der Waals surface area contributed by atoms with Crippen LogP contribution in [0.3, 0.4) is 0 Å². The van der Waals surface area contributed by atoms with Crippen molar-refractivity contribution >= 4 is 37.7 Å². The molecule has 1 aliphatic carbocycles. The van der Waals surface area contributed by atoms with Crippen molar-refractivity contribution in [3.05, 3.63) is 34.1 Å². The Bertz CT molecular complexity index is 898. The number of benzene rings is 1. The Hall–Kier alpha value is -1.52. The molecular weight excluding hydrogens is 431 g/mol. The van der Waals surface area contributed by atoms with Crippen molar-refractivity contribution < 1.29 is 27.4 Å². The Balaban J connectivity index is 2.17. The molecule has 0 radical (unpaired) electrons. The fourth-order valence-electron chi connectivity index (χ4n) is 3.62. The summed E-state index contributed by atoms with van der Waals surface area (Å²) in [5, 5.41) is 11.3. The van der Waals surface area contributed by atoms with Gasteiger partial charge >= 0.3 is 6.09 Å². The van der Waals surface area contributed by atoms with Crippen LogP contribution in [-0.4, -0.2) is 49.2 Å². The molecule has 3 rings (SSSR count). The van der Waals surface area contributed by atoms with Crippen molar-refractivity contribution in [2.24, 2.45) is 4.99 Å². The third-order valence-electron chi connectivity index (χ3n) is 5.04. The smallest absolute Gasteiger partial charge is 0.410 e. The molecule has 1 atom stereocenters. The van der Waals surface area contributed by atoms with E-state index in [0.29, 0.717) is 4.47 Å². The summed E-state index contributed by atoms with van der Waals surface area (Å²) in [4.78, 5) is 15.6. The van der Waals surface area contributed by atoms with Crippen LogP contribution in [0.2, 0.25) is 0 Å². The Morgan fingerprint density at radius 2 is 2.12 bits per heavy atom. The summed E-state index contributed by atoms with van der Waals surface area (Å²) >= 11 is 3.24. The van der Waals surface area contributed by atoms with Gasteiger partial charge in [-0.05, 0) is 25.1 Å². The summed E-state index contributed by atoms with van der Waals surface area (Å²) in [6.07, 6.45) is -1.49. The van der Waals surface area contributed by atoms with Gasteiger partial charge in [-0.3, -0.25) is 10.3 Å². The molecule has 1 aromatic rings. The fourth-order valence-corrected chi connectivity index (χ4v) is 6.49. The van der Waals surface area contributed by atoms with E-state index in [0.717, 1.165) is 0 Å². The Morgan fingerprint density at radius 1 is 1.46 bits per heavy atom. The second kappa shape index (κ2) is 6.28. The third-order valence-corrected chi connectivity index (χ3v) is 8.19. The topological polar surface area (TPSA) is 105 Å².